The van der Waals surface area contributed by atoms with Crippen molar-refractivity contribution in [2.45, 2.75) is 68.7 Å². The number of sulfonamides is 1. The number of H-pyrrole nitrogens is 1. The Morgan fingerprint density at radius 1 is 1.18 bits per heavy atom. The molecule has 1 aliphatic heterocycles. The molecule has 38 heavy (non-hydrogen) atoms. The Morgan fingerprint density at radius 3 is 2.58 bits per heavy atom. The lowest BCUT2D eigenvalue weighted by atomic mass is 9.57. The molecule has 1 N–H and O–H groups in total. The molecule has 11 heteroatoms. The lowest BCUT2D eigenvalue weighted by Crippen LogP contribution is -2.45. The minimum absolute atomic E-state index is 0.00100. The molecule has 2 aliphatic rings. The highest BCUT2D eigenvalue weighted by molar-refractivity contribution is 7.89. The minimum Gasteiger partial charge on any atom is -0.392 e. The first-order valence-electron chi connectivity index (χ1n) is 12.6. The molecule has 1 saturated heterocycles. The first-order valence-corrected chi connectivity index (χ1v) is 14.1. The van der Waals surface area contributed by atoms with Crippen molar-refractivity contribution in [3.05, 3.63) is 87.2 Å². The first-order chi connectivity index (χ1) is 18.2. The maximum atomic E-state index is 15.7. The third kappa shape index (κ3) is 4.56. The Hall–Kier alpha value is -3.36. The maximum Gasteiger partial charge on any atom is 0.434 e. The van der Waals surface area contributed by atoms with Gasteiger partial charge in [-0.3, -0.25) is 0 Å². The number of benzene rings is 2. The van der Waals surface area contributed by atoms with Crippen LogP contribution in [-0.2, 0) is 22.0 Å². The number of nitriles is 1. The third-order valence-corrected chi connectivity index (χ3v) is 10.3. The van der Waals surface area contributed by atoms with Crippen LogP contribution < -0.4 is 5.76 Å². The van der Waals surface area contributed by atoms with E-state index in [9.17, 15) is 13.2 Å². The standard InChI is InChI=1S/C27H28F2N4O4S/c1-17-9-10-24(19-7-3-2-4-8-19)38(35,36)33(17)16-20-12-23(29)21(13-22(20)28)27(25-31-32-26(34)37-25)14-18(15-27)6-5-11-30/h2-4,7-8,12-13,17-18,24H,5-6,9-10,14-16H2,1H3,(H,32,34)/t17-,18?,24+,27?/m0/s1. The lowest BCUT2D eigenvalue weighted by Gasteiger charge is -2.45. The van der Waals surface area contributed by atoms with Crippen LogP contribution >= 0.6 is 0 Å². The van der Waals surface area contributed by atoms with Crippen molar-refractivity contribution in [1.82, 2.24) is 14.5 Å². The second-order valence-corrected chi connectivity index (χ2v) is 12.4. The van der Waals surface area contributed by atoms with Gasteiger partial charge < -0.3 is 4.42 Å². The van der Waals surface area contributed by atoms with Crippen LogP contribution in [0.3, 0.4) is 0 Å². The average Bonchev–Trinajstić information content (AvgIpc) is 3.30. The van der Waals surface area contributed by atoms with Gasteiger partial charge in [0.2, 0.25) is 15.9 Å². The normalized spacial score (nSPS) is 26.9. The quantitative estimate of drug-likeness (QED) is 0.462. The highest BCUT2D eigenvalue weighted by atomic mass is 32.2. The zero-order valence-corrected chi connectivity index (χ0v) is 21.7. The number of nitrogens with one attached hydrogen (secondary N) is 1. The highest BCUT2D eigenvalue weighted by Gasteiger charge is 2.52. The van der Waals surface area contributed by atoms with Crippen LogP contribution in [0.2, 0.25) is 0 Å². The van der Waals surface area contributed by atoms with Gasteiger partial charge in [0.05, 0.1) is 11.5 Å². The summed E-state index contributed by atoms with van der Waals surface area (Å²) in [4.78, 5) is 11.7. The zero-order chi connectivity index (χ0) is 27.1. The summed E-state index contributed by atoms with van der Waals surface area (Å²) in [5.74, 6) is -2.24. The van der Waals surface area contributed by atoms with Crippen molar-refractivity contribution in [3.63, 3.8) is 0 Å². The molecule has 0 spiro atoms. The number of aromatic nitrogens is 2. The van der Waals surface area contributed by atoms with E-state index in [0.29, 0.717) is 44.1 Å². The summed E-state index contributed by atoms with van der Waals surface area (Å²) >= 11 is 0. The molecular formula is C27H28F2N4O4S. The second-order valence-electron chi connectivity index (χ2n) is 10.3. The maximum absolute atomic E-state index is 15.7. The van der Waals surface area contributed by atoms with E-state index >= 15 is 8.78 Å². The van der Waals surface area contributed by atoms with E-state index in [1.54, 1.807) is 31.2 Å². The van der Waals surface area contributed by atoms with Gasteiger partial charge in [-0.15, -0.1) is 5.10 Å². The van der Waals surface area contributed by atoms with Gasteiger partial charge in [-0.25, -0.2) is 27.1 Å². The molecule has 2 heterocycles. The lowest BCUT2D eigenvalue weighted by molar-refractivity contribution is 0.134. The van der Waals surface area contributed by atoms with Crippen LogP contribution in [0.4, 0.5) is 8.78 Å². The average molecular weight is 543 g/mol. The molecule has 2 aromatic carbocycles. The minimum atomic E-state index is -3.83. The van der Waals surface area contributed by atoms with Crippen LogP contribution in [0.15, 0.2) is 51.7 Å². The fourth-order valence-corrected chi connectivity index (χ4v) is 8.13. The fraction of sp³-hybridized carbons (Fsp3) is 0.444. The molecule has 8 nitrogen and oxygen atoms in total. The molecule has 2 atom stereocenters. The number of nitrogens with zero attached hydrogens (tertiary/aromatic N) is 3. The summed E-state index contributed by atoms with van der Waals surface area (Å²) in [6.45, 7) is 1.47. The highest BCUT2D eigenvalue weighted by Crippen LogP contribution is 2.54. The van der Waals surface area contributed by atoms with Crippen LogP contribution in [0, 0.1) is 28.9 Å². The number of hydrogen-bond acceptors (Lipinski definition) is 6. The van der Waals surface area contributed by atoms with Crippen molar-refractivity contribution in [1.29, 1.82) is 5.26 Å². The number of halogens is 2. The van der Waals surface area contributed by atoms with Gasteiger partial charge in [-0.1, -0.05) is 30.3 Å². The summed E-state index contributed by atoms with van der Waals surface area (Å²) in [5, 5.41) is 14.2. The number of hydrogen-bond donors (Lipinski definition) is 1. The molecule has 0 unspecified atom stereocenters. The molecular weight excluding hydrogens is 514 g/mol. The van der Waals surface area contributed by atoms with E-state index in [0.717, 1.165) is 12.1 Å². The first kappa shape index (κ1) is 26.3. The van der Waals surface area contributed by atoms with Gasteiger partial charge in [-0.2, -0.15) is 9.57 Å². The van der Waals surface area contributed by atoms with Crippen LogP contribution in [0.25, 0.3) is 0 Å². The van der Waals surface area contributed by atoms with Gasteiger partial charge in [0, 0.05) is 30.1 Å². The van der Waals surface area contributed by atoms with E-state index in [1.807, 2.05) is 6.07 Å². The number of aromatic amines is 1. The van der Waals surface area contributed by atoms with Crippen LogP contribution in [0.1, 0.15) is 73.3 Å². The summed E-state index contributed by atoms with van der Waals surface area (Å²) in [6, 6.07) is 12.7. The van der Waals surface area contributed by atoms with Gasteiger partial charge in [0.25, 0.3) is 0 Å². The molecule has 0 bridgehead atoms. The summed E-state index contributed by atoms with van der Waals surface area (Å²) in [6.07, 6.45) is 2.63. The Morgan fingerprint density at radius 2 is 1.92 bits per heavy atom. The van der Waals surface area contributed by atoms with Crippen LogP contribution in [0.5, 0.6) is 0 Å². The van der Waals surface area contributed by atoms with Gasteiger partial charge >= 0.3 is 5.76 Å². The smallest absolute Gasteiger partial charge is 0.392 e. The Kier molecular flexibility index (Phi) is 6.96. The predicted octanol–water partition coefficient (Wildman–Crippen LogP) is 4.70. The fourth-order valence-electron chi connectivity index (χ4n) is 5.94. The van der Waals surface area contributed by atoms with E-state index in [-0.39, 0.29) is 35.5 Å². The summed E-state index contributed by atoms with van der Waals surface area (Å²) in [5.41, 5.74) is -0.552. The van der Waals surface area contributed by atoms with Crippen LogP contribution in [-0.4, -0.2) is 29.0 Å². The molecule has 5 rings (SSSR count). The van der Waals surface area contributed by atoms with Crippen molar-refractivity contribution in [3.8, 4) is 6.07 Å². The van der Waals surface area contributed by atoms with Crippen molar-refractivity contribution >= 4 is 10.0 Å². The van der Waals surface area contributed by atoms with Crippen molar-refractivity contribution < 1.29 is 21.6 Å². The molecule has 3 aromatic rings. The third-order valence-electron chi connectivity index (χ3n) is 7.96. The molecule has 0 radical (unpaired) electrons. The molecule has 1 aliphatic carbocycles. The zero-order valence-electron chi connectivity index (χ0n) is 20.9. The van der Waals surface area contributed by atoms with Gasteiger partial charge in [0.1, 0.15) is 16.9 Å². The SMILES string of the molecule is C[C@H]1CC[C@H](c2ccccc2)S(=O)(=O)N1Cc1cc(F)c(C2(c3n[nH]c(=O)o3)CC(CCC#N)C2)cc1F. The topological polar surface area (TPSA) is 120 Å². The molecule has 1 saturated carbocycles. The summed E-state index contributed by atoms with van der Waals surface area (Å²) in [7, 11) is -3.83. The van der Waals surface area contributed by atoms with Crippen molar-refractivity contribution in [2.75, 3.05) is 0 Å². The molecule has 1 aromatic heterocycles. The van der Waals surface area contributed by atoms with Gasteiger partial charge in [-0.05, 0) is 62.6 Å². The Bertz CT molecular complexity index is 1520. The Labute approximate surface area is 219 Å². The molecule has 200 valence electrons. The molecule has 0 amide bonds. The monoisotopic (exact) mass is 542 g/mol. The van der Waals surface area contributed by atoms with E-state index in [1.165, 1.54) is 4.31 Å². The summed E-state index contributed by atoms with van der Waals surface area (Å²) < 4.78 is 64.7. The van der Waals surface area contributed by atoms with E-state index in [4.69, 9.17) is 9.68 Å². The largest absolute Gasteiger partial charge is 0.434 e. The molecule has 2 fully saturated rings. The van der Waals surface area contributed by atoms with Gasteiger partial charge in [0.15, 0.2) is 0 Å². The van der Waals surface area contributed by atoms with E-state index < -0.39 is 38.1 Å². The number of rotatable bonds is 7. The Balaban J connectivity index is 1.46. The second kappa shape index (κ2) is 10.1. The van der Waals surface area contributed by atoms with E-state index in [2.05, 4.69) is 16.3 Å². The predicted molar refractivity (Wildman–Crippen MR) is 134 cm³/mol. The van der Waals surface area contributed by atoms with Crippen molar-refractivity contribution in [2.24, 2.45) is 5.92 Å².